The van der Waals surface area contributed by atoms with Gasteiger partial charge in [0.25, 0.3) is 10.1 Å². The molecule has 0 saturated carbocycles. The third-order valence-corrected chi connectivity index (χ3v) is 2.80. The average Bonchev–Trinajstić information content (AvgIpc) is 2.49. The van der Waals surface area contributed by atoms with Crippen LogP contribution in [0.5, 0.6) is 0 Å². The molecule has 0 aliphatic carbocycles. The third-order valence-electron chi connectivity index (χ3n) is 2.27. The van der Waals surface area contributed by atoms with Crippen LogP contribution in [0.1, 0.15) is 12.8 Å². The third kappa shape index (κ3) is 3.22. The molecule has 0 aromatic carbocycles. The van der Waals surface area contributed by atoms with E-state index in [1.54, 1.807) is 7.11 Å². The summed E-state index contributed by atoms with van der Waals surface area (Å²) in [7, 11) is -1.78. The van der Waals surface area contributed by atoms with Crippen LogP contribution >= 0.6 is 0 Å². The summed E-state index contributed by atoms with van der Waals surface area (Å²) in [4.78, 5) is 5.24. The van der Waals surface area contributed by atoms with E-state index in [9.17, 15) is 8.42 Å². The quantitative estimate of drug-likeness (QED) is 0.487. The van der Waals surface area contributed by atoms with Gasteiger partial charge in [-0.15, -0.1) is 0 Å². The Bertz CT molecular complexity index is 256. The van der Waals surface area contributed by atoms with E-state index in [1.807, 2.05) is 0 Å². The Balaban J connectivity index is 2.50. The van der Waals surface area contributed by atoms with Crippen molar-refractivity contribution in [3.05, 3.63) is 0 Å². The van der Waals surface area contributed by atoms with Gasteiger partial charge in [-0.25, -0.2) is 9.02 Å². The van der Waals surface area contributed by atoms with Gasteiger partial charge in [0, 0.05) is 12.8 Å². The zero-order valence-electron chi connectivity index (χ0n) is 8.02. The van der Waals surface area contributed by atoms with Crippen LogP contribution in [0.15, 0.2) is 0 Å². The number of hydrogen-bond acceptors (Lipinski definition) is 4. The second-order valence-electron chi connectivity index (χ2n) is 3.35. The summed E-state index contributed by atoms with van der Waals surface area (Å²) in [6.45, 7) is 1.74. The number of likely N-dealkylation sites (tertiary alicyclic amines) is 1. The summed E-state index contributed by atoms with van der Waals surface area (Å²) in [5.41, 5.74) is 0. The van der Waals surface area contributed by atoms with E-state index in [-0.39, 0.29) is 6.73 Å². The van der Waals surface area contributed by atoms with Crippen molar-refractivity contribution in [2.45, 2.75) is 12.8 Å². The molecule has 0 aromatic rings. The second-order valence-corrected chi connectivity index (χ2v) is 4.99. The molecule has 78 valence electrons. The van der Waals surface area contributed by atoms with E-state index < -0.39 is 10.1 Å². The lowest BCUT2D eigenvalue weighted by Crippen LogP contribution is -2.46. The Morgan fingerprint density at radius 3 is 2.23 bits per heavy atom. The van der Waals surface area contributed by atoms with Crippen molar-refractivity contribution in [3.8, 4) is 0 Å². The van der Waals surface area contributed by atoms with Crippen molar-refractivity contribution < 1.29 is 22.1 Å². The van der Waals surface area contributed by atoms with Gasteiger partial charge in [-0.05, 0) is 0 Å². The van der Waals surface area contributed by atoms with Gasteiger partial charge in [-0.2, -0.15) is 13.1 Å². The lowest BCUT2D eigenvalue weighted by molar-refractivity contribution is -1.10. The molecule has 0 atom stereocenters. The molecule has 0 amide bonds. The van der Waals surface area contributed by atoms with Gasteiger partial charge < -0.3 is 0 Å². The summed E-state index contributed by atoms with van der Waals surface area (Å²) >= 11 is 0. The SMILES string of the molecule is CO[N+]1(COS(C)(=O)=O)CCCC1. The van der Waals surface area contributed by atoms with Gasteiger partial charge in [0.05, 0.1) is 13.4 Å². The van der Waals surface area contributed by atoms with Gasteiger partial charge in [-0.3, -0.25) is 0 Å². The van der Waals surface area contributed by atoms with E-state index >= 15 is 0 Å². The highest BCUT2D eigenvalue weighted by Gasteiger charge is 2.34. The van der Waals surface area contributed by atoms with Crippen LogP contribution in [0.25, 0.3) is 0 Å². The maximum atomic E-state index is 10.8. The van der Waals surface area contributed by atoms with Crippen molar-refractivity contribution >= 4 is 10.1 Å². The van der Waals surface area contributed by atoms with Gasteiger partial charge in [0.1, 0.15) is 13.1 Å². The lowest BCUT2D eigenvalue weighted by Gasteiger charge is -2.27. The molecule has 1 heterocycles. The summed E-state index contributed by atoms with van der Waals surface area (Å²) in [5.74, 6) is 0. The Hall–Kier alpha value is -0.170. The molecule has 0 aromatic heterocycles. The fourth-order valence-corrected chi connectivity index (χ4v) is 1.85. The predicted octanol–water partition coefficient (Wildman–Crippen LogP) is 0.0921. The molecule has 1 aliphatic heterocycles. The van der Waals surface area contributed by atoms with Crippen molar-refractivity contribution in [1.29, 1.82) is 0 Å². The Morgan fingerprint density at radius 2 is 1.85 bits per heavy atom. The molecule has 0 N–H and O–H groups in total. The standard InChI is InChI=1S/C7H16NO4S/c1-11-8(5-3-4-6-8)7-12-13(2,9)10/h3-7H2,1-2H3/q+1. The number of hydroxylamine groups is 3. The van der Waals surface area contributed by atoms with Gasteiger partial charge in [0.15, 0.2) is 0 Å². The molecule has 1 saturated heterocycles. The first-order valence-corrected chi connectivity index (χ1v) is 6.05. The minimum atomic E-state index is -3.36. The Labute approximate surface area is 78.9 Å². The highest BCUT2D eigenvalue weighted by atomic mass is 32.2. The Kier molecular flexibility index (Phi) is 3.28. The van der Waals surface area contributed by atoms with Crippen molar-refractivity contribution in [3.63, 3.8) is 0 Å². The first-order valence-electron chi connectivity index (χ1n) is 4.24. The van der Waals surface area contributed by atoms with Crippen LogP contribution in [0.4, 0.5) is 0 Å². The zero-order chi connectivity index (χ0) is 9.95. The molecular weight excluding hydrogens is 194 g/mol. The first-order chi connectivity index (χ1) is 5.97. The molecule has 0 spiro atoms. The van der Waals surface area contributed by atoms with E-state index in [1.165, 1.54) is 0 Å². The van der Waals surface area contributed by atoms with Crippen LogP contribution in [-0.2, 0) is 19.1 Å². The maximum absolute atomic E-state index is 10.8. The summed E-state index contributed by atoms with van der Waals surface area (Å²) in [6, 6.07) is 0. The van der Waals surface area contributed by atoms with E-state index in [4.69, 9.17) is 9.02 Å². The zero-order valence-corrected chi connectivity index (χ0v) is 8.84. The average molecular weight is 210 g/mol. The molecule has 6 heteroatoms. The van der Waals surface area contributed by atoms with Crippen molar-refractivity contribution in [1.82, 2.24) is 0 Å². The predicted molar refractivity (Wildman–Crippen MR) is 47.0 cm³/mol. The molecule has 0 bridgehead atoms. The van der Waals surface area contributed by atoms with E-state index in [0.29, 0.717) is 4.65 Å². The highest BCUT2D eigenvalue weighted by molar-refractivity contribution is 7.85. The summed E-state index contributed by atoms with van der Waals surface area (Å²) < 4.78 is 26.5. The number of rotatable bonds is 4. The number of nitrogens with zero attached hydrogens (tertiary/aromatic N) is 1. The summed E-state index contributed by atoms with van der Waals surface area (Å²) in [6.07, 6.45) is 3.16. The van der Waals surface area contributed by atoms with Crippen LogP contribution in [0, 0.1) is 0 Å². The minimum absolute atomic E-state index is 0.0926. The largest absolute Gasteiger partial charge is 0.269 e. The summed E-state index contributed by atoms with van der Waals surface area (Å²) in [5, 5.41) is 0. The van der Waals surface area contributed by atoms with Crippen molar-refractivity contribution in [2.24, 2.45) is 0 Å². The number of hydrogen-bond donors (Lipinski definition) is 0. The normalized spacial score (nSPS) is 22.0. The molecule has 1 rings (SSSR count). The highest BCUT2D eigenvalue weighted by Crippen LogP contribution is 2.19. The lowest BCUT2D eigenvalue weighted by atomic mass is 10.4. The second kappa shape index (κ2) is 3.91. The maximum Gasteiger partial charge on any atom is 0.269 e. The van der Waals surface area contributed by atoms with E-state index in [2.05, 4.69) is 0 Å². The molecular formula is C7H16NO4S+. The van der Waals surface area contributed by atoms with Crippen LogP contribution in [-0.4, -0.2) is 46.3 Å². The minimum Gasteiger partial charge on any atom is -0.213 e. The van der Waals surface area contributed by atoms with Crippen molar-refractivity contribution in [2.75, 3.05) is 33.2 Å². The smallest absolute Gasteiger partial charge is 0.213 e. The van der Waals surface area contributed by atoms with Crippen LogP contribution in [0.2, 0.25) is 0 Å². The first kappa shape index (κ1) is 10.9. The van der Waals surface area contributed by atoms with Crippen LogP contribution < -0.4 is 0 Å². The van der Waals surface area contributed by atoms with Gasteiger partial charge in [-0.1, -0.05) is 0 Å². The molecule has 5 nitrogen and oxygen atoms in total. The molecule has 13 heavy (non-hydrogen) atoms. The topological polar surface area (TPSA) is 52.6 Å². The Morgan fingerprint density at radius 1 is 1.31 bits per heavy atom. The van der Waals surface area contributed by atoms with E-state index in [0.717, 1.165) is 32.2 Å². The molecule has 1 aliphatic rings. The van der Waals surface area contributed by atoms with Gasteiger partial charge in [0.2, 0.25) is 6.73 Å². The fraction of sp³-hybridized carbons (Fsp3) is 1.00. The number of quaternary nitrogens is 1. The molecule has 0 radical (unpaired) electrons. The monoisotopic (exact) mass is 210 g/mol. The molecule has 1 fully saturated rings. The molecule has 0 unspecified atom stereocenters. The van der Waals surface area contributed by atoms with Crippen LogP contribution in [0.3, 0.4) is 0 Å². The van der Waals surface area contributed by atoms with Gasteiger partial charge >= 0.3 is 0 Å². The fourth-order valence-electron chi connectivity index (χ4n) is 1.47.